The number of anilines is 1. The zero-order valence-corrected chi connectivity index (χ0v) is 21.3. The maximum Gasteiger partial charge on any atom is 0.238 e. The van der Waals surface area contributed by atoms with Crippen LogP contribution in [-0.2, 0) is 16.1 Å². The first-order valence-electron chi connectivity index (χ1n) is 11.8. The van der Waals surface area contributed by atoms with Gasteiger partial charge in [0, 0.05) is 31.9 Å². The number of aryl methyl sites for hydroxylation is 2. The first-order chi connectivity index (χ1) is 16.9. The average Bonchev–Trinajstić information content (AvgIpc) is 3.20. The Balaban J connectivity index is 1.23. The van der Waals surface area contributed by atoms with E-state index in [-0.39, 0.29) is 11.8 Å². The highest BCUT2D eigenvalue weighted by Crippen LogP contribution is 2.20. The molecule has 2 aromatic carbocycles. The first kappa shape index (κ1) is 24.9. The van der Waals surface area contributed by atoms with E-state index in [0.717, 1.165) is 27.8 Å². The van der Waals surface area contributed by atoms with E-state index in [1.54, 1.807) is 0 Å². The van der Waals surface area contributed by atoms with E-state index in [2.05, 4.69) is 32.5 Å². The van der Waals surface area contributed by atoms with Gasteiger partial charge in [0.1, 0.15) is 5.82 Å². The normalized spacial score (nSPS) is 14.2. The Morgan fingerprint density at radius 3 is 2.43 bits per heavy atom. The smallest absolute Gasteiger partial charge is 0.238 e. The van der Waals surface area contributed by atoms with Crippen LogP contribution >= 0.6 is 11.8 Å². The fourth-order valence-corrected chi connectivity index (χ4v) is 4.95. The Morgan fingerprint density at radius 1 is 0.943 bits per heavy atom. The summed E-state index contributed by atoms with van der Waals surface area (Å²) < 4.78 is 2.04. The van der Waals surface area contributed by atoms with Crippen molar-refractivity contribution in [1.82, 2.24) is 24.6 Å². The minimum atomic E-state index is -0.0258. The standard InChI is InChI=1S/C26H32N6O2S/c1-19-8-7-11-23(20(19)2)27-24(33)17-30-12-14-31(15-13-30)25(34)18-35-26-29-28-21(3)32(26)16-22-9-5-4-6-10-22/h4-11H,12-18H2,1-3H3,(H,27,33). The molecule has 0 aliphatic carbocycles. The molecular weight excluding hydrogens is 460 g/mol. The van der Waals surface area contributed by atoms with Crippen LogP contribution in [-0.4, -0.2) is 74.9 Å². The van der Waals surface area contributed by atoms with E-state index >= 15 is 0 Å². The van der Waals surface area contributed by atoms with Crippen molar-refractivity contribution in [2.45, 2.75) is 32.5 Å². The Kier molecular flexibility index (Phi) is 8.20. The molecule has 1 aliphatic heterocycles. The van der Waals surface area contributed by atoms with Crippen LogP contribution < -0.4 is 5.32 Å². The highest BCUT2D eigenvalue weighted by molar-refractivity contribution is 7.99. The van der Waals surface area contributed by atoms with Gasteiger partial charge in [-0.1, -0.05) is 54.2 Å². The first-order valence-corrected chi connectivity index (χ1v) is 12.8. The summed E-state index contributed by atoms with van der Waals surface area (Å²) in [6.45, 7) is 9.58. The Hall–Kier alpha value is -3.17. The zero-order chi connectivity index (χ0) is 24.8. The maximum atomic E-state index is 12.8. The second-order valence-electron chi connectivity index (χ2n) is 8.84. The lowest BCUT2D eigenvalue weighted by atomic mass is 10.1. The number of amides is 2. The van der Waals surface area contributed by atoms with Gasteiger partial charge >= 0.3 is 0 Å². The topological polar surface area (TPSA) is 83.4 Å². The summed E-state index contributed by atoms with van der Waals surface area (Å²) in [5.41, 5.74) is 4.27. The molecule has 3 aromatic rings. The average molecular weight is 493 g/mol. The second-order valence-corrected chi connectivity index (χ2v) is 9.79. The summed E-state index contributed by atoms with van der Waals surface area (Å²) in [5, 5.41) is 12.2. The van der Waals surface area contributed by atoms with Gasteiger partial charge in [-0.25, -0.2) is 0 Å². The third-order valence-corrected chi connectivity index (χ3v) is 7.33. The highest BCUT2D eigenvalue weighted by atomic mass is 32.2. The van der Waals surface area contributed by atoms with Gasteiger partial charge in [-0.3, -0.25) is 14.5 Å². The molecule has 9 heteroatoms. The van der Waals surface area contributed by atoms with Crippen molar-refractivity contribution in [2.24, 2.45) is 0 Å². The number of nitrogens with zero attached hydrogens (tertiary/aromatic N) is 5. The summed E-state index contributed by atoms with van der Waals surface area (Å²) in [6, 6.07) is 16.1. The number of thioether (sulfide) groups is 1. The Bertz CT molecular complexity index is 1170. The summed E-state index contributed by atoms with van der Waals surface area (Å²) in [4.78, 5) is 29.3. The number of benzene rings is 2. The molecule has 1 aromatic heterocycles. The molecule has 8 nitrogen and oxygen atoms in total. The number of nitrogens with one attached hydrogen (secondary N) is 1. The third kappa shape index (κ3) is 6.49. The molecule has 184 valence electrons. The number of rotatable bonds is 8. The molecule has 2 heterocycles. The molecule has 4 rings (SSSR count). The highest BCUT2D eigenvalue weighted by Gasteiger charge is 2.23. The second kappa shape index (κ2) is 11.5. The largest absolute Gasteiger partial charge is 0.339 e. The van der Waals surface area contributed by atoms with Crippen molar-refractivity contribution in [3.63, 3.8) is 0 Å². The van der Waals surface area contributed by atoms with Gasteiger partial charge in [-0.2, -0.15) is 0 Å². The summed E-state index contributed by atoms with van der Waals surface area (Å²) in [5.74, 6) is 1.21. The van der Waals surface area contributed by atoms with E-state index in [9.17, 15) is 9.59 Å². The number of aromatic nitrogens is 3. The van der Waals surface area contributed by atoms with Crippen molar-refractivity contribution in [3.8, 4) is 0 Å². The molecule has 0 atom stereocenters. The summed E-state index contributed by atoms with van der Waals surface area (Å²) in [7, 11) is 0. The van der Waals surface area contributed by atoms with Crippen LogP contribution in [0, 0.1) is 20.8 Å². The van der Waals surface area contributed by atoms with Gasteiger partial charge in [-0.05, 0) is 43.5 Å². The monoisotopic (exact) mass is 492 g/mol. The van der Waals surface area contributed by atoms with Gasteiger partial charge in [0.05, 0.1) is 18.8 Å². The lowest BCUT2D eigenvalue weighted by molar-refractivity contribution is -0.130. The van der Waals surface area contributed by atoms with Crippen molar-refractivity contribution in [3.05, 3.63) is 71.0 Å². The molecule has 0 saturated carbocycles. The number of hydrogen-bond acceptors (Lipinski definition) is 6. The van der Waals surface area contributed by atoms with Gasteiger partial charge in [0.15, 0.2) is 5.16 Å². The minimum Gasteiger partial charge on any atom is -0.339 e. The fraction of sp³-hybridized carbons (Fsp3) is 0.385. The fourth-order valence-electron chi connectivity index (χ4n) is 4.07. The lowest BCUT2D eigenvalue weighted by Crippen LogP contribution is -2.50. The number of carbonyl (C=O) groups is 2. The van der Waals surface area contributed by atoms with E-state index in [1.165, 1.54) is 17.3 Å². The molecule has 0 unspecified atom stereocenters. The summed E-state index contributed by atoms with van der Waals surface area (Å²) in [6.07, 6.45) is 0. The predicted molar refractivity (Wildman–Crippen MR) is 139 cm³/mol. The SMILES string of the molecule is Cc1cccc(NC(=O)CN2CCN(C(=O)CSc3nnc(C)n3Cc3ccccc3)CC2)c1C. The number of hydrogen-bond donors (Lipinski definition) is 1. The van der Waals surface area contributed by atoms with Gasteiger partial charge in [0.2, 0.25) is 11.8 Å². The molecule has 1 aliphatic rings. The van der Waals surface area contributed by atoms with Gasteiger partial charge in [-0.15, -0.1) is 10.2 Å². The number of carbonyl (C=O) groups excluding carboxylic acids is 2. The third-order valence-electron chi connectivity index (χ3n) is 6.38. The van der Waals surface area contributed by atoms with Crippen LogP contribution in [0.15, 0.2) is 53.7 Å². The Morgan fingerprint density at radius 2 is 1.69 bits per heavy atom. The van der Waals surface area contributed by atoms with Crippen LogP contribution in [0.2, 0.25) is 0 Å². The molecule has 0 radical (unpaired) electrons. The molecule has 2 amide bonds. The van der Waals surface area contributed by atoms with Gasteiger partial charge in [0.25, 0.3) is 0 Å². The molecule has 1 N–H and O–H groups in total. The van der Waals surface area contributed by atoms with Crippen LogP contribution in [0.3, 0.4) is 0 Å². The molecule has 0 spiro atoms. The van der Waals surface area contributed by atoms with Crippen LogP contribution in [0.5, 0.6) is 0 Å². The minimum absolute atomic E-state index is 0.0258. The summed E-state index contributed by atoms with van der Waals surface area (Å²) >= 11 is 1.42. The predicted octanol–water partition coefficient (Wildman–Crippen LogP) is 3.13. The maximum absolute atomic E-state index is 12.8. The number of piperazine rings is 1. The van der Waals surface area contributed by atoms with Crippen LogP contribution in [0.1, 0.15) is 22.5 Å². The van der Waals surface area contributed by atoms with E-state index in [0.29, 0.717) is 45.0 Å². The molecule has 1 saturated heterocycles. The quantitative estimate of drug-likeness (QED) is 0.487. The van der Waals surface area contributed by atoms with Crippen LogP contribution in [0.25, 0.3) is 0 Å². The van der Waals surface area contributed by atoms with Gasteiger partial charge < -0.3 is 14.8 Å². The van der Waals surface area contributed by atoms with Crippen molar-refractivity contribution >= 4 is 29.3 Å². The van der Waals surface area contributed by atoms with Crippen LogP contribution in [0.4, 0.5) is 5.69 Å². The van der Waals surface area contributed by atoms with E-state index in [1.807, 2.05) is 66.6 Å². The molecule has 35 heavy (non-hydrogen) atoms. The van der Waals surface area contributed by atoms with E-state index in [4.69, 9.17) is 0 Å². The molecule has 0 bridgehead atoms. The Labute approximate surface area is 210 Å². The molecular formula is C26H32N6O2S. The van der Waals surface area contributed by atoms with E-state index < -0.39 is 0 Å². The lowest BCUT2D eigenvalue weighted by Gasteiger charge is -2.34. The van der Waals surface area contributed by atoms with Crippen molar-refractivity contribution in [1.29, 1.82) is 0 Å². The zero-order valence-electron chi connectivity index (χ0n) is 20.5. The molecule has 1 fully saturated rings. The van der Waals surface area contributed by atoms with Crippen molar-refractivity contribution in [2.75, 3.05) is 43.8 Å². The van der Waals surface area contributed by atoms with Crippen molar-refractivity contribution < 1.29 is 9.59 Å².